The summed E-state index contributed by atoms with van der Waals surface area (Å²) in [5.41, 5.74) is 0. The molecule has 0 aromatic heterocycles. The van der Waals surface area contributed by atoms with Gasteiger partial charge in [0.25, 0.3) is 0 Å². The number of hydrogen-bond donors (Lipinski definition) is 0. The minimum atomic E-state index is 0.289. The maximum Gasteiger partial charge on any atom is 0.129 e. The van der Waals surface area contributed by atoms with Crippen LogP contribution in [0.4, 0.5) is 0 Å². The van der Waals surface area contributed by atoms with E-state index in [4.69, 9.17) is 0 Å². The Morgan fingerprint density at radius 1 is 0.917 bits per heavy atom. The van der Waals surface area contributed by atoms with Crippen molar-refractivity contribution in [1.82, 2.24) is 0 Å². The molecule has 1 heteroatoms. The Labute approximate surface area is 77.6 Å². The van der Waals surface area contributed by atoms with Gasteiger partial charge in [0.15, 0.2) is 0 Å². The second-order valence-corrected chi connectivity index (χ2v) is 3.16. The first-order chi connectivity index (χ1) is 5.68. The number of carbonyl (C=O) groups is 1. The standard InChI is InChI=1S/C6H14.C5H10O/c1-3-5-6-4-2;1-3-4-5(2)6/h3-6H2,1-2H3;3-4H2,1-2H3. The van der Waals surface area contributed by atoms with Crippen LogP contribution in [0.15, 0.2) is 0 Å². The molecule has 0 aliphatic carbocycles. The molecule has 0 aliphatic heterocycles. The molecule has 0 radical (unpaired) electrons. The van der Waals surface area contributed by atoms with Gasteiger partial charge in [-0.2, -0.15) is 0 Å². The van der Waals surface area contributed by atoms with E-state index in [1.807, 2.05) is 6.92 Å². The Hall–Kier alpha value is -0.330. The molecule has 0 aromatic rings. The van der Waals surface area contributed by atoms with Gasteiger partial charge in [-0.3, -0.25) is 0 Å². The van der Waals surface area contributed by atoms with Gasteiger partial charge in [-0.05, 0) is 13.3 Å². The minimum Gasteiger partial charge on any atom is -0.300 e. The summed E-state index contributed by atoms with van der Waals surface area (Å²) in [6.45, 7) is 8.08. The fraction of sp³-hybridized carbons (Fsp3) is 0.909. The normalized spacial score (nSPS) is 8.67. The van der Waals surface area contributed by atoms with Crippen LogP contribution in [0.3, 0.4) is 0 Å². The van der Waals surface area contributed by atoms with Gasteiger partial charge in [-0.1, -0.05) is 46.5 Å². The molecule has 0 saturated carbocycles. The molecule has 0 saturated heterocycles. The highest BCUT2D eigenvalue weighted by Crippen LogP contribution is 1.95. The number of ketones is 1. The lowest BCUT2D eigenvalue weighted by Crippen LogP contribution is -1.84. The molecular weight excluding hydrogens is 148 g/mol. The number of carbonyl (C=O) groups excluding carboxylic acids is 1. The van der Waals surface area contributed by atoms with Crippen molar-refractivity contribution in [3.63, 3.8) is 0 Å². The van der Waals surface area contributed by atoms with Crippen LogP contribution in [0.1, 0.15) is 66.2 Å². The molecule has 0 fully saturated rings. The third-order valence-electron chi connectivity index (χ3n) is 1.56. The monoisotopic (exact) mass is 172 g/mol. The van der Waals surface area contributed by atoms with Gasteiger partial charge in [0.05, 0.1) is 0 Å². The van der Waals surface area contributed by atoms with Crippen molar-refractivity contribution in [1.29, 1.82) is 0 Å². The topological polar surface area (TPSA) is 17.1 Å². The number of rotatable bonds is 5. The molecule has 12 heavy (non-hydrogen) atoms. The molecule has 0 unspecified atom stereocenters. The minimum absolute atomic E-state index is 0.289. The van der Waals surface area contributed by atoms with E-state index in [0.717, 1.165) is 12.8 Å². The SMILES string of the molecule is CCCC(C)=O.CCCCCC. The van der Waals surface area contributed by atoms with Gasteiger partial charge < -0.3 is 4.79 Å². The second kappa shape index (κ2) is 13.3. The van der Waals surface area contributed by atoms with Crippen LogP contribution in [-0.4, -0.2) is 5.78 Å². The van der Waals surface area contributed by atoms with Crippen LogP contribution in [0.25, 0.3) is 0 Å². The van der Waals surface area contributed by atoms with Crippen LogP contribution in [-0.2, 0) is 4.79 Å². The van der Waals surface area contributed by atoms with E-state index in [9.17, 15) is 4.79 Å². The zero-order valence-corrected chi connectivity index (χ0v) is 9.15. The maximum absolute atomic E-state index is 10.0. The molecule has 0 N–H and O–H groups in total. The average Bonchev–Trinajstić information content (AvgIpc) is 2.02. The van der Waals surface area contributed by atoms with Crippen molar-refractivity contribution < 1.29 is 4.79 Å². The molecule has 0 atom stereocenters. The van der Waals surface area contributed by atoms with Gasteiger partial charge >= 0.3 is 0 Å². The molecule has 0 amide bonds. The Kier molecular flexibility index (Phi) is 15.7. The van der Waals surface area contributed by atoms with Gasteiger partial charge in [-0.25, -0.2) is 0 Å². The summed E-state index contributed by atoms with van der Waals surface area (Å²) in [5, 5.41) is 0. The summed E-state index contributed by atoms with van der Waals surface area (Å²) in [7, 11) is 0. The Morgan fingerprint density at radius 3 is 1.42 bits per heavy atom. The van der Waals surface area contributed by atoms with E-state index >= 15 is 0 Å². The highest BCUT2D eigenvalue weighted by Gasteiger charge is 1.83. The predicted octanol–water partition coefficient (Wildman–Crippen LogP) is 3.96. The summed E-state index contributed by atoms with van der Waals surface area (Å²) in [4.78, 5) is 10.0. The van der Waals surface area contributed by atoms with E-state index in [1.165, 1.54) is 25.7 Å². The van der Waals surface area contributed by atoms with Gasteiger partial charge in [0.1, 0.15) is 5.78 Å². The summed E-state index contributed by atoms with van der Waals surface area (Å²) in [5.74, 6) is 0.289. The van der Waals surface area contributed by atoms with Crippen LogP contribution < -0.4 is 0 Å². The van der Waals surface area contributed by atoms with Gasteiger partial charge in [-0.15, -0.1) is 0 Å². The van der Waals surface area contributed by atoms with Crippen molar-refractivity contribution in [3.05, 3.63) is 0 Å². The number of hydrogen-bond acceptors (Lipinski definition) is 1. The molecular formula is C11H24O. The van der Waals surface area contributed by atoms with E-state index in [2.05, 4.69) is 13.8 Å². The van der Waals surface area contributed by atoms with E-state index < -0.39 is 0 Å². The lowest BCUT2D eigenvalue weighted by Gasteiger charge is -1.86. The molecule has 0 heterocycles. The third kappa shape index (κ3) is 22.6. The third-order valence-corrected chi connectivity index (χ3v) is 1.56. The fourth-order valence-corrected chi connectivity index (χ4v) is 0.852. The average molecular weight is 172 g/mol. The summed E-state index contributed by atoms with van der Waals surface area (Å²) in [6, 6.07) is 0. The molecule has 0 aromatic carbocycles. The smallest absolute Gasteiger partial charge is 0.129 e. The van der Waals surface area contributed by atoms with Gasteiger partial charge in [0, 0.05) is 6.42 Å². The highest BCUT2D eigenvalue weighted by atomic mass is 16.1. The first-order valence-corrected chi connectivity index (χ1v) is 5.18. The molecule has 0 rings (SSSR count). The lowest BCUT2D eigenvalue weighted by atomic mass is 10.2. The Balaban J connectivity index is 0. The molecule has 0 spiro atoms. The predicted molar refractivity (Wildman–Crippen MR) is 55.4 cm³/mol. The summed E-state index contributed by atoms with van der Waals surface area (Å²) < 4.78 is 0. The van der Waals surface area contributed by atoms with Crippen molar-refractivity contribution >= 4 is 5.78 Å². The van der Waals surface area contributed by atoms with Crippen molar-refractivity contribution in [2.75, 3.05) is 0 Å². The van der Waals surface area contributed by atoms with Crippen LogP contribution >= 0.6 is 0 Å². The fourth-order valence-electron chi connectivity index (χ4n) is 0.852. The molecule has 0 aliphatic rings. The molecule has 74 valence electrons. The Bertz CT molecular complexity index is 83.0. The Morgan fingerprint density at radius 2 is 1.33 bits per heavy atom. The maximum atomic E-state index is 10.0. The van der Waals surface area contributed by atoms with Crippen molar-refractivity contribution in [2.24, 2.45) is 0 Å². The first-order valence-electron chi connectivity index (χ1n) is 5.18. The van der Waals surface area contributed by atoms with E-state index in [1.54, 1.807) is 6.92 Å². The lowest BCUT2D eigenvalue weighted by molar-refractivity contribution is -0.117. The number of Topliss-reactive ketones (excluding diaryl/α,β-unsaturated/α-hetero) is 1. The molecule has 1 nitrogen and oxygen atoms in total. The van der Waals surface area contributed by atoms with Crippen molar-refractivity contribution in [3.8, 4) is 0 Å². The van der Waals surface area contributed by atoms with Crippen molar-refractivity contribution in [2.45, 2.75) is 66.2 Å². The second-order valence-electron chi connectivity index (χ2n) is 3.16. The van der Waals surface area contributed by atoms with E-state index in [0.29, 0.717) is 0 Å². The first kappa shape index (κ1) is 14.2. The summed E-state index contributed by atoms with van der Waals surface area (Å²) in [6.07, 6.45) is 7.25. The highest BCUT2D eigenvalue weighted by molar-refractivity contribution is 5.75. The van der Waals surface area contributed by atoms with Crippen LogP contribution in [0.5, 0.6) is 0 Å². The summed E-state index contributed by atoms with van der Waals surface area (Å²) >= 11 is 0. The number of unbranched alkanes of at least 4 members (excludes halogenated alkanes) is 3. The zero-order chi connectivity index (χ0) is 9.82. The van der Waals surface area contributed by atoms with Crippen LogP contribution in [0, 0.1) is 0 Å². The quantitative estimate of drug-likeness (QED) is 0.574. The zero-order valence-electron chi connectivity index (χ0n) is 9.15. The largest absolute Gasteiger partial charge is 0.300 e. The van der Waals surface area contributed by atoms with E-state index in [-0.39, 0.29) is 5.78 Å². The van der Waals surface area contributed by atoms with Crippen LogP contribution in [0.2, 0.25) is 0 Å². The van der Waals surface area contributed by atoms with Gasteiger partial charge in [0.2, 0.25) is 0 Å². The molecule has 0 bridgehead atoms.